The van der Waals surface area contributed by atoms with Crippen LogP contribution in [0, 0.1) is 23.7 Å². The highest BCUT2D eigenvalue weighted by Gasteiger charge is 2.52. The Morgan fingerprint density at radius 2 is 2.36 bits per heavy atom. The Bertz CT molecular complexity index is 234. The molecule has 11 heavy (non-hydrogen) atoms. The third-order valence-electron chi connectivity index (χ3n) is 2.79. The van der Waals surface area contributed by atoms with E-state index in [9.17, 15) is 4.79 Å². The smallest absolute Gasteiger partial charge is 0.224 e. The molecule has 1 amide bonds. The van der Waals surface area contributed by atoms with Crippen molar-refractivity contribution in [3.05, 3.63) is 0 Å². The molecule has 2 heteroatoms. The largest absolute Gasteiger partial charge is 0.356 e. The minimum Gasteiger partial charge on any atom is -0.356 e. The van der Waals surface area contributed by atoms with Gasteiger partial charge in [-0.3, -0.25) is 4.79 Å². The highest BCUT2D eigenvalue weighted by molar-refractivity contribution is 5.82. The molecule has 2 nitrogen and oxygen atoms in total. The van der Waals surface area contributed by atoms with E-state index in [0.29, 0.717) is 0 Å². The van der Waals surface area contributed by atoms with Crippen molar-refractivity contribution in [3.8, 4) is 12.3 Å². The average Bonchev–Trinajstić information content (AvgIpc) is 2.70. The maximum atomic E-state index is 11.2. The van der Waals surface area contributed by atoms with E-state index in [1.165, 1.54) is 0 Å². The molecule has 1 N–H and O–H groups in total. The number of terminal acetylenes is 1. The van der Waals surface area contributed by atoms with Crippen molar-refractivity contribution in [1.82, 2.24) is 5.32 Å². The molecular formula is C9H11NO. The zero-order valence-corrected chi connectivity index (χ0v) is 6.39. The lowest BCUT2D eigenvalue weighted by Crippen LogP contribution is -2.25. The summed E-state index contributed by atoms with van der Waals surface area (Å²) in [7, 11) is 0. The predicted octanol–water partition coefficient (Wildman–Crippen LogP) is 0.536. The molecule has 1 unspecified atom stereocenters. The van der Waals surface area contributed by atoms with Gasteiger partial charge < -0.3 is 5.32 Å². The highest BCUT2D eigenvalue weighted by atomic mass is 16.2. The van der Waals surface area contributed by atoms with Crippen LogP contribution in [0.15, 0.2) is 0 Å². The summed E-state index contributed by atoms with van der Waals surface area (Å²) in [5.41, 5.74) is -0.0411. The molecule has 2 fully saturated rings. The molecule has 0 spiro atoms. The Hall–Kier alpha value is -0.970. The summed E-state index contributed by atoms with van der Waals surface area (Å²) in [5.74, 6) is 3.05. The molecule has 1 saturated carbocycles. The summed E-state index contributed by atoms with van der Waals surface area (Å²) in [4.78, 5) is 11.2. The lowest BCUT2D eigenvalue weighted by molar-refractivity contribution is -0.123. The van der Waals surface area contributed by atoms with Gasteiger partial charge in [0.1, 0.15) is 0 Å². The van der Waals surface area contributed by atoms with Crippen molar-refractivity contribution < 1.29 is 4.79 Å². The second-order valence-electron chi connectivity index (χ2n) is 3.43. The van der Waals surface area contributed by atoms with Crippen molar-refractivity contribution in [2.45, 2.75) is 19.3 Å². The van der Waals surface area contributed by atoms with Crippen LogP contribution >= 0.6 is 0 Å². The lowest BCUT2D eigenvalue weighted by Gasteiger charge is -2.12. The molecule has 1 saturated heterocycles. The molecule has 58 valence electrons. The Morgan fingerprint density at radius 3 is 2.73 bits per heavy atom. The van der Waals surface area contributed by atoms with Gasteiger partial charge in [-0.2, -0.15) is 0 Å². The summed E-state index contributed by atoms with van der Waals surface area (Å²) < 4.78 is 0. The number of hydrogen-bond donors (Lipinski definition) is 1. The zero-order valence-electron chi connectivity index (χ0n) is 6.39. The molecule has 0 aromatic heterocycles. The van der Waals surface area contributed by atoms with Gasteiger partial charge >= 0.3 is 0 Å². The first-order chi connectivity index (χ1) is 5.28. The number of carbonyl (C=O) groups is 1. The van der Waals surface area contributed by atoms with Crippen LogP contribution in [-0.4, -0.2) is 12.5 Å². The van der Waals surface area contributed by atoms with Crippen molar-refractivity contribution in [1.29, 1.82) is 0 Å². The van der Waals surface area contributed by atoms with E-state index >= 15 is 0 Å². The van der Waals surface area contributed by atoms with Crippen LogP contribution in [0.1, 0.15) is 19.3 Å². The summed E-state index contributed by atoms with van der Waals surface area (Å²) in [6, 6.07) is 0. The zero-order chi connectivity index (χ0) is 7.90. The molecule has 1 atom stereocenters. The van der Waals surface area contributed by atoms with Crippen LogP contribution in [0.5, 0.6) is 0 Å². The van der Waals surface area contributed by atoms with Crippen molar-refractivity contribution in [2.24, 2.45) is 11.3 Å². The molecular weight excluding hydrogens is 138 g/mol. The SMILES string of the molecule is C#CC1(C2CCNC2=O)CC1. The molecule has 0 bridgehead atoms. The van der Waals surface area contributed by atoms with E-state index in [0.717, 1.165) is 25.8 Å². The Morgan fingerprint density at radius 1 is 1.64 bits per heavy atom. The van der Waals surface area contributed by atoms with Gasteiger partial charge in [0, 0.05) is 12.0 Å². The van der Waals surface area contributed by atoms with Crippen LogP contribution in [0.25, 0.3) is 0 Å². The number of carbonyl (C=O) groups excluding carboxylic acids is 1. The number of nitrogens with one attached hydrogen (secondary N) is 1. The molecule has 0 aromatic carbocycles. The molecule has 0 radical (unpaired) electrons. The van der Waals surface area contributed by atoms with Crippen LogP contribution in [0.4, 0.5) is 0 Å². The van der Waals surface area contributed by atoms with E-state index in [1.807, 2.05) is 0 Å². The fraction of sp³-hybridized carbons (Fsp3) is 0.667. The minimum atomic E-state index is -0.0411. The maximum Gasteiger partial charge on any atom is 0.224 e. The molecule has 1 aliphatic heterocycles. The van der Waals surface area contributed by atoms with E-state index in [-0.39, 0.29) is 17.2 Å². The third-order valence-corrected chi connectivity index (χ3v) is 2.79. The van der Waals surface area contributed by atoms with Gasteiger partial charge in [0.25, 0.3) is 0 Å². The number of amides is 1. The Balaban J connectivity index is 2.17. The van der Waals surface area contributed by atoms with E-state index in [1.54, 1.807) is 0 Å². The lowest BCUT2D eigenvalue weighted by atomic mass is 9.89. The van der Waals surface area contributed by atoms with Crippen LogP contribution < -0.4 is 5.32 Å². The minimum absolute atomic E-state index is 0.0411. The molecule has 2 rings (SSSR count). The molecule has 1 heterocycles. The van der Waals surface area contributed by atoms with Gasteiger partial charge in [0.15, 0.2) is 0 Å². The highest BCUT2D eigenvalue weighted by Crippen LogP contribution is 2.53. The van der Waals surface area contributed by atoms with Gasteiger partial charge in [0.05, 0.1) is 5.92 Å². The first-order valence-corrected chi connectivity index (χ1v) is 4.04. The predicted molar refractivity (Wildman–Crippen MR) is 41.6 cm³/mol. The topological polar surface area (TPSA) is 29.1 Å². The van der Waals surface area contributed by atoms with E-state index in [4.69, 9.17) is 6.42 Å². The van der Waals surface area contributed by atoms with Gasteiger partial charge in [-0.1, -0.05) is 5.92 Å². The molecule has 0 aromatic rings. The van der Waals surface area contributed by atoms with E-state index in [2.05, 4.69) is 11.2 Å². The standard InChI is InChI=1S/C9H11NO/c1-2-9(4-5-9)7-3-6-10-8(7)11/h1,7H,3-6H2,(H,10,11). The van der Waals surface area contributed by atoms with Crippen molar-refractivity contribution in [2.75, 3.05) is 6.54 Å². The molecule has 1 aliphatic carbocycles. The van der Waals surface area contributed by atoms with Gasteiger partial charge in [0.2, 0.25) is 5.91 Å². The van der Waals surface area contributed by atoms with Crippen LogP contribution in [-0.2, 0) is 4.79 Å². The van der Waals surface area contributed by atoms with Gasteiger partial charge in [-0.25, -0.2) is 0 Å². The average molecular weight is 149 g/mol. The van der Waals surface area contributed by atoms with Gasteiger partial charge in [-0.05, 0) is 19.3 Å². The third kappa shape index (κ3) is 0.841. The number of rotatable bonds is 1. The van der Waals surface area contributed by atoms with Crippen LogP contribution in [0.2, 0.25) is 0 Å². The van der Waals surface area contributed by atoms with Crippen LogP contribution in [0.3, 0.4) is 0 Å². The first kappa shape index (κ1) is 6.72. The fourth-order valence-corrected chi connectivity index (χ4v) is 1.85. The Kier molecular flexibility index (Phi) is 1.23. The summed E-state index contributed by atoms with van der Waals surface area (Å²) in [5, 5.41) is 2.82. The quantitative estimate of drug-likeness (QED) is 0.541. The van der Waals surface area contributed by atoms with Crippen molar-refractivity contribution in [3.63, 3.8) is 0 Å². The monoisotopic (exact) mass is 149 g/mol. The number of hydrogen-bond acceptors (Lipinski definition) is 1. The first-order valence-electron chi connectivity index (χ1n) is 4.04. The molecule has 2 aliphatic rings. The van der Waals surface area contributed by atoms with Crippen molar-refractivity contribution >= 4 is 5.91 Å². The second-order valence-corrected chi connectivity index (χ2v) is 3.43. The fourth-order valence-electron chi connectivity index (χ4n) is 1.85. The van der Waals surface area contributed by atoms with Gasteiger partial charge in [-0.15, -0.1) is 6.42 Å². The normalized spacial score (nSPS) is 32.6. The summed E-state index contributed by atoms with van der Waals surface area (Å²) in [6.07, 6.45) is 8.40. The Labute approximate surface area is 66.4 Å². The maximum absolute atomic E-state index is 11.2. The summed E-state index contributed by atoms with van der Waals surface area (Å²) >= 11 is 0. The second kappa shape index (κ2) is 2.01. The van der Waals surface area contributed by atoms with E-state index < -0.39 is 0 Å². The summed E-state index contributed by atoms with van der Waals surface area (Å²) in [6.45, 7) is 0.812.